The standard InChI is InChI=1S/C12H6F6NO/c13-11(14,15)8-4-3-5-9(10(8)12(16,17)18)20-19-6-1-2-7-19/h1,3-7H. The lowest BCUT2D eigenvalue weighted by Gasteiger charge is -2.18. The first-order valence-electron chi connectivity index (χ1n) is 5.19. The van der Waals surface area contributed by atoms with Gasteiger partial charge in [-0.15, -0.1) is 0 Å². The molecule has 8 heteroatoms. The van der Waals surface area contributed by atoms with Gasteiger partial charge in [0, 0.05) is 12.3 Å². The van der Waals surface area contributed by atoms with Crippen molar-refractivity contribution in [3.8, 4) is 5.75 Å². The van der Waals surface area contributed by atoms with Gasteiger partial charge in [0.1, 0.15) is 5.56 Å². The maximum absolute atomic E-state index is 12.9. The molecule has 0 bridgehead atoms. The van der Waals surface area contributed by atoms with Crippen molar-refractivity contribution in [2.24, 2.45) is 0 Å². The third-order valence-corrected chi connectivity index (χ3v) is 2.34. The zero-order valence-electron chi connectivity index (χ0n) is 9.59. The van der Waals surface area contributed by atoms with Crippen molar-refractivity contribution in [1.29, 1.82) is 0 Å². The zero-order valence-corrected chi connectivity index (χ0v) is 9.59. The van der Waals surface area contributed by atoms with Gasteiger partial charge in [0.25, 0.3) is 0 Å². The van der Waals surface area contributed by atoms with E-state index < -0.39 is 29.2 Å². The topological polar surface area (TPSA) is 14.2 Å². The van der Waals surface area contributed by atoms with Crippen LogP contribution in [-0.4, -0.2) is 4.73 Å². The minimum atomic E-state index is -5.20. The Labute approximate surface area is 109 Å². The lowest BCUT2D eigenvalue weighted by atomic mass is 10.1. The van der Waals surface area contributed by atoms with Gasteiger partial charge in [-0.3, -0.25) is 0 Å². The van der Waals surface area contributed by atoms with Crippen molar-refractivity contribution in [2.45, 2.75) is 12.4 Å². The quantitative estimate of drug-likeness (QED) is 0.758. The second-order valence-electron chi connectivity index (χ2n) is 3.74. The van der Waals surface area contributed by atoms with Gasteiger partial charge in [-0.2, -0.15) is 31.1 Å². The molecule has 1 heterocycles. The average molecular weight is 294 g/mol. The van der Waals surface area contributed by atoms with Gasteiger partial charge in [0.05, 0.1) is 11.8 Å². The predicted octanol–water partition coefficient (Wildman–Crippen LogP) is 4.17. The van der Waals surface area contributed by atoms with Crippen LogP contribution in [0.5, 0.6) is 5.75 Å². The fourth-order valence-corrected chi connectivity index (χ4v) is 1.58. The molecule has 107 valence electrons. The first-order valence-corrected chi connectivity index (χ1v) is 5.19. The van der Waals surface area contributed by atoms with Crippen LogP contribution >= 0.6 is 0 Å². The van der Waals surface area contributed by atoms with Gasteiger partial charge >= 0.3 is 12.4 Å². The molecule has 1 radical (unpaired) electrons. The van der Waals surface area contributed by atoms with E-state index in [0.717, 1.165) is 23.1 Å². The third-order valence-electron chi connectivity index (χ3n) is 2.34. The Bertz CT molecular complexity index is 585. The summed E-state index contributed by atoms with van der Waals surface area (Å²) in [5.41, 5.74) is -3.65. The molecule has 0 aliphatic carbocycles. The highest BCUT2D eigenvalue weighted by Gasteiger charge is 2.45. The summed E-state index contributed by atoms with van der Waals surface area (Å²) in [7, 11) is 0. The van der Waals surface area contributed by atoms with Gasteiger partial charge in [0.2, 0.25) is 0 Å². The van der Waals surface area contributed by atoms with E-state index >= 15 is 0 Å². The van der Waals surface area contributed by atoms with E-state index in [2.05, 4.69) is 6.07 Å². The van der Waals surface area contributed by atoms with Crippen LogP contribution in [0.3, 0.4) is 0 Å². The SMILES string of the molecule is FC(F)(F)c1cccc(On2c[c]cc2)c1C(F)(F)F. The van der Waals surface area contributed by atoms with E-state index in [9.17, 15) is 26.3 Å². The van der Waals surface area contributed by atoms with E-state index in [1.165, 1.54) is 12.3 Å². The number of aromatic nitrogens is 1. The fraction of sp³-hybridized carbons (Fsp3) is 0.167. The van der Waals surface area contributed by atoms with Crippen LogP contribution in [-0.2, 0) is 12.4 Å². The molecular formula is C12H6F6NO. The molecule has 0 amide bonds. The summed E-state index contributed by atoms with van der Waals surface area (Å²) in [6.07, 6.45) is -7.98. The zero-order chi connectivity index (χ0) is 15.0. The fourth-order valence-electron chi connectivity index (χ4n) is 1.58. The normalized spacial score (nSPS) is 12.5. The highest BCUT2D eigenvalue weighted by atomic mass is 19.4. The molecule has 0 unspecified atom stereocenters. The van der Waals surface area contributed by atoms with Crippen LogP contribution in [0.4, 0.5) is 26.3 Å². The number of alkyl halides is 6. The number of nitrogens with zero attached hydrogens (tertiary/aromatic N) is 1. The molecule has 2 aromatic rings. The van der Waals surface area contributed by atoms with E-state index in [0.29, 0.717) is 6.07 Å². The van der Waals surface area contributed by atoms with Gasteiger partial charge in [-0.25, -0.2) is 0 Å². The molecule has 0 saturated carbocycles. The van der Waals surface area contributed by atoms with Crippen molar-refractivity contribution in [1.82, 2.24) is 4.73 Å². The predicted molar refractivity (Wildman–Crippen MR) is 55.7 cm³/mol. The number of rotatable bonds is 2. The Morgan fingerprint density at radius 2 is 1.70 bits per heavy atom. The lowest BCUT2D eigenvalue weighted by molar-refractivity contribution is -0.163. The molecule has 0 spiro atoms. The molecule has 0 atom stereocenters. The molecule has 1 aromatic carbocycles. The first-order chi connectivity index (χ1) is 9.19. The smallest absolute Gasteiger partial charge is 0.375 e. The number of hydrogen-bond donors (Lipinski definition) is 0. The second kappa shape index (κ2) is 4.77. The molecule has 0 N–H and O–H groups in total. The largest absolute Gasteiger partial charge is 0.420 e. The summed E-state index contributed by atoms with van der Waals surface area (Å²) in [6.45, 7) is 0. The Morgan fingerprint density at radius 3 is 2.20 bits per heavy atom. The van der Waals surface area contributed by atoms with Crippen molar-refractivity contribution in [2.75, 3.05) is 0 Å². The molecule has 0 aliphatic rings. The Morgan fingerprint density at radius 1 is 1.00 bits per heavy atom. The second-order valence-corrected chi connectivity index (χ2v) is 3.74. The Balaban J connectivity index is 2.57. The highest BCUT2D eigenvalue weighted by molar-refractivity contribution is 5.43. The molecule has 20 heavy (non-hydrogen) atoms. The number of benzene rings is 1. The minimum Gasteiger partial charge on any atom is -0.375 e. The van der Waals surface area contributed by atoms with E-state index in [1.807, 2.05) is 0 Å². The molecule has 2 rings (SSSR count). The monoisotopic (exact) mass is 294 g/mol. The van der Waals surface area contributed by atoms with Crippen molar-refractivity contribution < 1.29 is 31.2 Å². The van der Waals surface area contributed by atoms with Gasteiger partial charge in [-0.1, -0.05) is 6.07 Å². The maximum Gasteiger partial charge on any atom is 0.420 e. The molecule has 2 nitrogen and oxygen atoms in total. The van der Waals surface area contributed by atoms with Crippen LogP contribution in [0.1, 0.15) is 11.1 Å². The third kappa shape index (κ3) is 2.89. The summed E-state index contributed by atoms with van der Waals surface area (Å²) < 4.78 is 77.4. The van der Waals surface area contributed by atoms with Gasteiger partial charge < -0.3 is 4.84 Å². The van der Waals surface area contributed by atoms with E-state index in [4.69, 9.17) is 4.84 Å². The summed E-state index contributed by atoms with van der Waals surface area (Å²) in [5.74, 6) is -0.933. The maximum atomic E-state index is 12.9. The van der Waals surface area contributed by atoms with Crippen LogP contribution < -0.4 is 4.84 Å². The first kappa shape index (κ1) is 14.3. The summed E-state index contributed by atoms with van der Waals surface area (Å²) >= 11 is 0. The van der Waals surface area contributed by atoms with Crippen molar-refractivity contribution in [3.63, 3.8) is 0 Å². The molecular weight excluding hydrogens is 288 g/mol. The van der Waals surface area contributed by atoms with E-state index in [-0.39, 0.29) is 0 Å². The van der Waals surface area contributed by atoms with Crippen molar-refractivity contribution >= 4 is 0 Å². The minimum absolute atomic E-state index is 0.359. The average Bonchev–Trinajstić information content (AvgIpc) is 2.79. The molecule has 1 aromatic heterocycles. The van der Waals surface area contributed by atoms with Crippen LogP contribution in [0.15, 0.2) is 36.7 Å². The molecule has 0 fully saturated rings. The van der Waals surface area contributed by atoms with Crippen LogP contribution in [0.25, 0.3) is 0 Å². The Hall–Kier alpha value is -2.12. The molecule has 0 aliphatic heterocycles. The van der Waals surface area contributed by atoms with E-state index in [1.54, 1.807) is 0 Å². The number of halogens is 6. The molecule has 0 saturated heterocycles. The Kier molecular flexibility index (Phi) is 3.41. The highest BCUT2D eigenvalue weighted by Crippen LogP contribution is 2.44. The van der Waals surface area contributed by atoms with Gasteiger partial charge in [0.15, 0.2) is 5.75 Å². The summed E-state index contributed by atoms with van der Waals surface area (Å²) in [5, 5.41) is 0. The number of hydrogen-bond acceptors (Lipinski definition) is 1. The van der Waals surface area contributed by atoms with Gasteiger partial charge in [-0.05, 0) is 18.2 Å². The van der Waals surface area contributed by atoms with Crippen LogP contribution in [0, 0.1) is 6.07 Å². The van der Waals surface area contributed by atoms with Crippen LogP contribution in [0.2, 0.25) is 0 Å². The summed E-state index contributed by atoms with van der Waals surface area (Å²) in [6, 6.07) is 5.85. The lowest BCUT2D eigenvalue weighted by Crippen LogP contribution is -2.19. The van der Waals surface area contributed by atoms with Crippen molar-refractivity contribution in [3.05, 3.63) is 53.9 Å². The summed E-state index contributed by atoms with van der Waals surface area (Å²) in [4.78, 5) is 4.78.